The van der Waals surface area contributed by atoms with E-state index in [-0.39, 0.29) is 17.9 Å². The summed E-state index contributed by atoms with van der Waals surface area (Å²) >= 11 is 0. The van der Waals surface area contributed by atoms with Crippen molar-refractivity contribution in [3.8, 4) is 5.88 Å². The fourth-order valence-corrected chi connectivity index (χ4v) is 2.33. The molecule has 0 aliphatic heterocycles. The standard InChI is InChI=1S/C14H20N2O3/c1-2-19-13-7-6-11(9-15-13)14(18)16-8-10-4-3-5-12(10)17/h6-7,9-10,12,17H,2-5,8H2,1H3,(H,16,18). The normalized spacial score (nSPS) is 22.2. The predicted octanol–water partition coefficient (Wildman–Crippen LogP) is 1.37. The van der Waals surface area contributed by atoms with Crippen molar-refractivity contribution in [2.75, 3.05) is 13.2 Å². The molecule has 0 saturated heterocycles. The lowest BCUT2D eigenvalue weighted by Crippen LogP contribution is -2.32. The molecule has 104 valence electrons. The van der Waals surface area contributed by atoms with E-state index in [1.807, 2.05) is 6.92 Å². The number of pyridine rings is 1. The maximum absolute atomic E-state index is 11.9. The number of aromatic nitrogens is 1. The van der Waals surface area contributed by atoms with Gasteiger partial charge in [-0.05, 0) is 25.8 Å². The SMILES string of the molecule is CCOc1ccc(C(=O)NCC2CCCC2O)cn1. The number of nitrogens with one attached hydrogen (secondary N) is 1. The molecule has 19 heavy (non-hydrogen) atoms. The van der Waals surface area contributed by atoms with Gasteiger partial charge in [0.05, 0.1) is 18.3 Å². The van der Waals surface area contributed by atoms with Crippen LogP contribution in [0.15, 0.2) is 18.3 Å². The molecular formula is C14H20N2O3. The molecule has 5 heteroatoms. The third-order valence-electron chi connectivity index (χ3n) is 3.43. The van der Waals surface area contributed by atoms with Crippen LogP contribution in [0, 0.1) is 5.92 Å². The van der Waals surface area contributed by atoms with Gasteiger partial charge in [0.2, 0.25) is 5.88 Å². The summed E-state index contributed by atoms with van der Waals surface area (Å²) in [6.45, 7) is 2.96. The molecule has 5 nitrogen and oxygen atoms in total. The summed E-state index contributed by atoms with van der Waals surface area (Å²) in [5, 5.41) is 12.5. The van der Waals surface area contributed by atoms with Gasteiger partial charge in [0.25, 0.3) is 5.91 Å². The molecule has 1 saturated carbocycles. The first-order chi connectivity index (χ1) is 9.20. The summed E-state index contributed by atoms with van der Waals surface area (Å²) in [6.07, 6.45) is 4.07. The van der Waals surface area contributed by atoms with Crippen molar-refractivity contribution in [3.05, 3.63) is 23.9 Å². The van der Waals surface area contributed by atoms with E-state index in [2.05, 4.69) is 10.3 Å². The molecule has 1 aliphatic rings. The number of aliphatic hydroxyl groups is 1. The average Bonchev–Trinajstić information content (AvgIpc) is 2.83. The number of amides is 1. The Balaban J connectivity index is 1.85. The third-order valence-corrected chi connectivity index (χ3v) is 3.43. The lowest BCUT2D eigenvalue weighted by molar-refractivity contribution is 0.0916. The van der Waals surface area contributed by atoms with Crippen molar-refractivity contribution in [2.24, 2.45) is 5.92 Å². The van der Waals surface area contributed by atoms with E-state index in [4.69, 9.17) is 4.74 Å². The highest BCUT2D eigenvalue weighted by molar-refractivity contribution is 5.93. The second kappa shape index (κ2) is 6.52. The fourth-order valence-electron chi connectivity index (χ4n) is 2.33. The van der Waals surface area contributed by atoms with Crippen LogP contribution in [0.25, 0.3) is 0 Å². The van der Waals surface area contributed by atoms with E-state index in [1.165, 1.54) is 6.20 Å². The summed E-state index contributed by atoms with van der Waals surface area (Å²) in [4.78, 5) is 16.0. The molecular weight excluding hydrogens is 244 g/mol. The Kier molecular flexibility index (Phi) is 4.74. The number of hydrogen-bond acceptors (Lipinski definition) is 4. The Morgan fingerprint density at radius 1 is 1.53 bits per heavy atom. The summed E-state index contributed by atoms with van der Waals surface area (Å²) in [7, 11) is 0. The van der Waals surface area contributed by atoms with Crippen LogP contribution in [0.4, 0.5) is 0 Å². The number of carbonyl (C=O) groups excluding carboxylic acids is 1. The first kappa shape index (κ1) is 13.8. The minimum Gasteiger partial charge on any atom is -0.478 e. The van der Waals surface area contributed by atoms with Crippen LogP contribution in [0.2, 0.25) is 0 Å². The van der Waals surface area contributed by atoms with Crippen molar-refractivity contribution >= 4 is 5.91 Å². The van der Waals surface area contributed by atoms with Crippen molar-refractivity contribution in [1.29, 1.82) is 0 Å². The first-order valence-corrected chi connectivity index (χ1v) is 6.76. The van der Waals surface area contributed by atoms with Gasteiger partial charge in [0.1, 0.15) is 0 Å². The molecule has 1 aliphatic carbocycles. The first-order valence-electron chi connectivity index (χ1n) is 6.76. The minimum absolute atomic E-state index is 0.158. The van der Waals surface area contributed by atoms with Crippen LogP contribution >= 0.6 is 0 Å². The number of carbonyl (C=O) groups is 1. The molecule has 1 amide bonds. The topological polar surface area (TPSA) is 71.5 Å². The Hall–Kier alpha value is -1.62. The summed E-state index contributed by atoms with van der Waals surface area (Å²) in [6, 6.07) is 3.38. The molecule has 1 heterocycles. The number of ether oxygens (including phenoxy) is 1. The highest BCUT2D eigenvalue weighted by Crippen LogP contribution is 2.24. The van der Waals surface area contributed by atoms with E-state index >= 15 is 0 Å². The maximum atomic E-state index is 11.9. The summed E-state index contributed by atoms with van der Waals surface area (Å²) < 4.78 is 5.22. The third kappa shape index (κ3) is 3.67. The van der Waals surface area contributed by atoms with Crippen molar-refractivity contribution in [1.82, 2.24) is 10.3 Å². The molecule has 1 aromatic heterocycles. The Bertz CT molecular complexity index is 419. The fraction of sp³-hybridized carbons (Fsp3) is 0.571. The number of nitrogens with zero attached hydrogens (tertiary/aromatic N) is 1. The minimum atomic E-state index is -0.279. The summed E-state index contributed by atoms with van der Waals surface area (Å²) in [5.41, 5.74) is 0.510. The van der Waals surface area contributed by atoms with Crippen molar-refractivity contribution in [3.63, 3.8) is 0 Å². The van der Waals surface area contributed by atoms with Gasteiger partial charge >= 0.3 is 0 Å². The molecule has 2 rings (SSSR count). The molecule has 2 unspecified atom stereocenters. The number of aliphatic hydroxyl groups excluding tert-OH is 1. The highest BCUT2D eigenvalue weighted by atomic mass is 16.5. The van der Waals surface area contributed by atoms with Crippen molar-refractivity contribution in [2.45, 2.75) is 32.3 Å². The molecule has 1 fully saturated rings. The van der Waals surface area contributed by atoms with Crippen LogP contribution in [0.3, 0.4) is 0 Å². The Labute approximate surface area is 113 Å². The largest absolute Gasteiger partial charge is 0.478 e. The van der Waals surface area contributed by atoms with Gasteiger partial charge in [0.15, 0.2) is 0 Å². The molecule has 0 aromatic carbocycles. The van der Waals surface area contributed by atoms with E-state index in [9.17, 15) is 9.90 Å². The van der Waals surface area contributed by atoms with Crippen LogP contribution in [0.5, 0.6) is 5.88 Å². The molecule has 0 radical (unpaired) electrons. The second-order valence-corrected chi connectivity index (χ2v) is 4.79. The highest BCUT2D eigenvalue weighted by Gasteiger charge is 2.25. The monoisotopic (exact) mass is 264 g/mol. The smallest absolute Gasteiger partial charge is 0.252 e. The number of hydrogen-bond donors (Lipinski definition) is 2. The van der Waals surface area contributed by atoms with Gasteiger partial charge in [0, 0.05) is 24.7 Å². The van der Waals surface area contributed by atoms with Gasteiger partial charge in [-0.2, -0.15) is 0 Å². The van der Waals surface area contributed by atoms with E-state index in [0.29, 0.717) is 24.6 Å². The predicted molar refractivity (Wildman–Crippen MR) is 71.1 cm³/mol. The van der Waals surface area contributed by atoms with E-state index in [0.717, 1.165) is 19.3 Å². The molecule has 0 bridgehead atoms. The van der Waals surface area contributed by atoms with Crippen LogP contribution in [-0.2, 0) is 0 Å². The van der Waals surface area contributed by atoms with Crippen LogP contribution in [-0.4, -0.2) is 35.3 Å². The average molecular weight is 264 g/mol. The Morgan fingerprint density at radius 2 is 2.37 bits per heavy atom. The Morgan fingerprint density at radius 3 is 2.95 bits per heavy atom. The zero-order valence-corrected chi connectivity index (χ0v) is 11.1. The lowest BCUT2D eigenvalue weighted by atomic mass is 10.1. The second-order valence-electron chi connectivity index (χ2n) is 4.79. The van der Waals surface area contributed by atoms with Crippen LogP contribution < -0.4 is 10.1 Å². The quantitative estimate of drug-likeness (QED) is 0.842. The summed E-state index contributed by atoms with van der Waals surface area (Å²) in [5.74, 6) is 0.541. The maximum Gasteiger partial charge on any atom is 0.252 e. The number of rotatable bonds is 5. The molecule has 2 N–H and O–H groups in total. The van der Waals surface area contributed by atoms with E-state index in [1.54, 1.807) is 12.1 Å². The lowest BCUT2D eigenvalue weighted by Gasteiger charge is -2.15. The van der Waals surface area contributed by atoms with E-state index < -0.39 is 0 Å². The van der Waals surface area contributed by atoms with Crippen LogP contribution in [0.1, 0.15) is 36.5 Å². The van der Waals surface area contributed by atoms with Crippen molar-refractivity contribution < 1.29 is 14.6 Å². The molecule has 0 spiro atoms. The van der Waals surface area contributed by atoms with Gasteiger partial charge in [-0.15, -0.1) is 0 Å². The molecule has 2 atom stereocenters. The zero-order valence-electron chi connectivity index (χ0n) is 11.1. The van der Waals surface area contributed by atoms with Gasteiger partial charge in [-0.25, -0.2) is 4.98 Å². The zero-order chi connectivity index (χ0) is 13.7. The van der Waals surface area contributed by atoms with Gasteiger partial charge in [-0.3, -0.25) is 4.79 Å². The van der Waals surface area contributed by atoms with Gasteiger partial charge in [-0.1, -0.05) is 6.42 Å². The van der Waals surface area contributed by atoms with Gasteiger partial charge < -0.3 is 15.2 Å². The molecule has 1 aromatic rings.